The topological polar surface area (TPSA) is 0 Å². The summed E-state index contributed by atoms with van der Waals surface area (Å²) in [6.07, 6.45) is 10.2. The van der Waals surface area contributed by atoms with Gasteiger partial charge in [-0.2, -0.15) is 0 Å². The number of hydrogen-bond acceptors (Lipinski definition) is 0. The van der Waals surface area contributed by atoms with Crippen molar-refractivity contribution in [2.24, 2.45) is 0 Å². The Kier molecular flexibility index (Phi) is 5.67. The lowest BCUT2D eigenvalue weighted by Gasteiger charge is -2.22. The minimum atomic E-state index is 0.546. The largest absolute Gasteiger partial charge is 0.103 e. The molecule has 1 unspecified atom stereocenters. The lowest BCUT2D eigenvalue weighted by molar-refractivity contribution is 0.567. The fraction of sp³-hybridized carbons (Fsp3) is 0.235. The molecule has 4 aromatic rings. The van der Waals surface area contributed by atoms with Gasteiger partial charge in [0.15, 0.2) is 0 Å². The molecule has 4 aromatic carbocycles. The summed E-state index contributed by atoms with van der Waals surface area (Å²) in [5.41, 5.74) is 14.9. The molecule has 6 rings (SSSR count). The van der Waals surface area contributed by atoms with Crippen LogP contribution in [0.3, 0.4) is 0 Å². The SMILES string of the molecule is C=CCCCCC(Cc1cccc2c1Cc1ccccc1-2)c1cccc2c1Cc1ccccc1-2. The van der Waals surface area contributed by atoms with Crippen molar-refractivity contribution in [3.8, 4) is 22.3 Å². The molecule has 2 aliphatic carbocycles. The summed E-state index contributed by atoms with van der Waals surface area (Å²) < 4.78 is 0. The standard InChI is InChI=1S/C34H32/c1-2-3-4-5-12-24(30-18-11-20-32-29-17-9-7-14-27(29)23-34(30)32)21-25-15-10-19-31-28-16-8-6-13-26(28)22-33(25)31/h2,6-11,13-20,24H,1,3-5,12,21-23H2. The van der Waals surface area contributed by atoms with E-state index in [4.69, 9.17) is 0 Å². The Morgan fingerprint density at radius 2 is 1.26 bits per heavy atom. The van der Waals surface area contributed by atoms with Gasteiger partial charge in [-0.25, -0.2) is 0 Å². The summed E-state index contributed by atoms with van der Waals surface area (Å²) in [4.78, 5) is 0. The highest BCUT2D eigenvalue weighted by atomic mass is 14.3. The van der Waals surface area contributed by atoms with Crippen LogP contribution in [0.2, 0.25) is 0 Å². The van der Waals surface area contributed by atoms with Crippen molar-refractivity contribution in [2.75, 3.05) is 0 Å². The van der Waals surface area contributed by atoms with Crippen molar-refractivity contribution >= 4 is 0 Å². The molecule has 0 saturated carbocycles. The third-order valence-electron chi connectivity index (χ3n) is 7.95. The van der Waals surface area contributed by atoms with E-state index in [9.17, 15) is 0 Å². The monoisotopic (exact) mass is 440 g/mol. The average molecular weight is 441 g/mol. The molecule has 1 atom stereocenters. The number of fused-ring (bicyclic) bond motifs is 6. The van der Waals surface area contributed by atoms with Gasteiger partial charge in [0, 0.05) is 0 Å². The van der Waals surface area contributed by atoms with Crippen LogP contribution in [0.4, 0.5) is 0 Å². The maximum atomic E-state index is 3.93. The van der Waals surface area contributed by atoms with Crippen molar-refractivity contribution in [1.29, 1.82) is 0 Å². The zero-order valence-corrected chi connectivity index (χ0v) is 19.9. The van der Waals surface area contributed by atoms with Gasteiger partial charge in [0.25, 0.3) is 0 Å². The van der Waals surface area contributed by atoms with Gasteiger partial charge in [-0.3, -0.25) is 0 Å². The maximum Gasteiger partial charge on any atom is -0.00106 e. The first-order valence-electron chi connectivity index (χ1n) is 12.8. The van der Waals surface area contributed by atoms with Gasteiger partial charge in [-0.1, -0.05) is 97.4 Å². The Bertz CT molecular complexity index is 1360. The van der Waals surface area contributed by atoms with E-state index in [1.54, 1.807) is 16.7 Å². The molecule has 0 radical (unpaired) electrons. The number of rotatable bonds is 8. The molecule has 168 valence electrons. The second-order valence-corrected chi connectivity index (χ2v) is 9.96. The molecule has 0 N–H and O–H groups in total. The van der Waals surface area contributed by atoms with Crippen molar-refractivity contribution in [3.05, 3.63) is 131 Å². The summed E-state index contributed by atoms with van der Waals surface area (Å²) in [6.45, 7) is 3.93. The van der Waals surface area contributed by atoms with E-state index >= 15 is 0 Å². The summed E-state index contributed by atoms with van der Waals surface area (Å²) >= 11 is 0. The molecule has 0 bridgehead atoms. The van der Waals surface area contributed by atoms with E-state index < -0.39 is 0 Å². The Morgan fingerprint density at radius 1 is 0.647 bits per heavy atom. The Morgan fingerprint density at radius 3 is 2.00 bits per heavy atom. The summed E-state index contributed by atoms with van der Waals surface area (Å²) in [5, 5.41) is 0. The lowest BCUT2D eigenvalue weighted by atomic mass is 9.82. The minimum Gasteiger partial charge on any atom is -0.103 e. The number of benzene rings is 4. The third kappa shape index (κ3) is 3.72. The highest BCUT2D eigenvalue weighted by molar-refractivity contribution is 5.79. The predicted octanol–water partition coefficient (Wildman–Crippen LogP) is 8.90. The van der Waals surface area contributed by atoms with Crippen molar-refractivity contribution < 1.29 is 0 Å². The molecule has 0 fully saturated rings. The van der Waals surface area contributed by atoms with Crippen LogP contribution in [0, 0.1) is 0 Å². The first-order chi connectivity index (χ1) is 16.8. The molecule has 2 aliphatic rings. The van der Waals surface area contributed by atoms with Crippen molar-refractivity contribution in [1.82, 2.24) is 0 Å². The Hall–Kier alpha value is -3.38. The van der Waals surface area contributed by atoms with E-state index in [0.717, 1.165) is 25.7 Å². The Labute approximate surface area is 204 Å². The normalized spacial score (nSPS) is 13.6. The molecular weight excluding hydrogens is 408 g/mol. The highest BCUT2D eigenvalue weighted by Gasteiger charge is 2.26. The summed E-state index contributed by atoms with van der Waals surface area (Å²) in [5.74, 6) is 0.546. The fourth-order valence-corrected chi connectivity index (χ4v) is 6.29. The molecule has 0 saturated heterocycles. The van der Waals surface area contributed by atoms with Gasteiger partial charge in [-0.05, 0) is 100 Å². The molecule has 0 aromatic heterocycles. The van der Waals surface area contributed by atoms with E-state index in [1.807, 2.05) is 0 Å². The second kappa shape index (κ2) is 9.11. The molecule has 0 spiro atoms. The van der Waals surface area contributed by atoms with Gasteiger partial charge in [-0.15, -0.1) is 6.58 Å². The fourth-order valence-electron chi connectivity index (χ4n) is 6.29. The number of hydrogen-bond donors (Lipinski definition) is 0. The smallest absolute Gasteiger partial charge is 0.00106 e. The summed E-state index contributed by atoms with van der Waals surface area (Å²) in [6, 6.07) is 31.9. The molecule has 0 aliphatic heterocycles. The highest BCUT2D eigenvalue weighted by Crippen LogP contribution is 2.44. The van der Waals surface area contributed by atoms with Crippen LogP contribution in [0.1, 0.15) is 65.0 Å². The number of allylic oxidation sites excluding steroid dienone is 1. The lowest BCUT2D eigenvalue weighted by Crippen LogP contribution is -2.08. The third-order valence-corrected chi connectivity index (χ3v) is 7.95. The first-order valence-corrected chi connectivity index (χ1v) is 12.8. The van der Waals surface area contributed by atoms with Crippen LogP contribution in [0.5, 0.6) is 0 Å². The van der Waals surface area contributed by atoms with Gasteiger partial charge in [0.2, 0.25) is 0 Å². The molecule has 0 heterocycles. The van der Waals surface area contributed by atoms with Gasteiger partial charge in [0.1, 0.15) is 0 Å². The van der Waals surface area contributed by atoms with Crippen LogP contribution < -0.4 is 0 Å². The van der Waals surface area contributed by atoms with Crippen LogP contribution in [-0.4, -0.2) is 0 Å². The zero-order valence-electron chi connectivity index (χ0n) is 19.9. The molecule has 34 heavy (non-hydrogen) atoms. The van der Waals surface area contributed by atoms with E-state index in [1.165, 1.54) is 58.2 Å². The van der Waals surface area contributed by atoms with Crippen LogP contribution in [-0.2, 0) is 19.3 Å². The molecular formula is C34H32. The number of unbranched alkanes of at least 4 members (excludes halogenated alkanes) is 2. The average Bonchev–Trinajstić information content (AvgIpc) is 3.45. The zero-order chi connectivity index (χ0) is 22.9. The molecule has 0 amide bonds. The molecule has 0 heteroatoms. The van der Waals surface area contributed by atoms with Gasteiger partial charge in [0.05, 0.1) is 0 Å². The second-order valence-electron chi connectivity index (χ2n) is 9.96. The van der Waals surface area contributed by atoms with Crippen molar-refractivity contribution in [3.63, 3.8) is 0 Å². The van der Waals surface area contributed by atoms with Crippen LogP contribution in [0.15, 0.2) is 97.6 Å². The van der Waals surface area contributed by atoms with Crippen LogP contribution >= 0.6 is 0 Å². The van der Waals surface area contributed by atoms with E-state index in [0.29, 0.717) is 5.92 Å². The van der Waals surface area contributed by atoms with Gasteiger partial charge < -0.3 is 0 Å². The predicted molar refractivity (Wildman–Crippen MR) is 144 cm³/mol. The maximum absolute atomic E-state index is 3.93. The Balaban J connectivity index is 1.36. The van der Waals surface area contributed by atoms with E-state index in [-0.39, 0.29) is 0 Å². The molecule has 0 nitrogen and oxygen atoms in total. The minimum absolute atomic E-state index is 0.546. The van der Waals surface area contributed by atoms with Crippen molar-refractivity contribution in [2.45, 2.75) is 50.9 Å². The quantitative estimate of drug-likeness (QED) is 0.164. The first kappa shape index (κ1) is 21.2. The van der Waals surface area contributed by atoms with E-state index in [2.05, 4.69) is 97.6 Å². The van der Waals surface area contributed by atoms with Gasteiger partial charge >= 0.3 is 0 Å². The summed E-state index contributed by atoms with van der Waals surface area (Å²) in [7, 11) is 0. The van der Waals surface area contributed by atoms with Crippen LogP contribution in [0.25, 0.3) is 22.3 Å².